The summed E-state index contributed by atoms with van der Waals surface area (Å²) < 4.78 is 32.7. The number of hydrogen-bond donors (Lipinski definition) is 1. The Bertz CT molecular complexity index is 1810. The van der Waals surface area contributed by atoms with E-state index in [4.69, 9.17) is 34.4 Å². The number of anilines is 1. The maximum Gasteiger partial charge on any atom is 0.410 e. The molecule has 0 spiro atoms. The Morgan fingerprint density at radius 3 is 2.28 bits per heavy atom. The van der Waals surface area contributed by atoms with Crippen LogP contribution in [0.1, 0.15) is 91.8 Å². The zero-order chi connectivity index (χ0) is 38.8. The number of ether oxygens (including phenoxy) is 5. The Morgan fingerprint density at radius 1 is 0.944 bits per heavy atom. The van der Waals surface area contributed by atoms with Crippen LogP contribution in [0.15, 0.2) is 48.9 Å². The molecule has 0 bridgehead atoms. The van der Waals surface area contributed by atoms with Crippen LogP contribution in [0.4, 0.5) is 15.4 Å². The van der Waals surface area contributed by atoms with Crippen LogP contribution in [-0.2, 0) is 30.1 Å². The van der Waals surface area contributed by atoms with Gasteiger partial charge in [0, 0.05) is 43.9 Å². The van der Waals surface area contributed by atoms with Gasteiger partial charge in [0.2, 0.25) is 0 Å². The highest BCUT2D eigenvalue weighted by Crippen LogP contribution is 2.49. The zero-order valence-corrected chi connectivity index (χ0v) is 33.2. The summed E-state index contributed by atoms with van der Waals surface area (Å²) >= 11 is 0. The highest BCUT2D eigenvalue weighted by molar-refractivity contribution is 5.97. The smallest absolute Gasteiger partial charge is 0.410 e. The first-order valence-electron chi connectivity index (χ1n) is 19.2. The lowest BCUT2D eigenvalue weighted by atomic mass is 10.0. The monoisotopic (exact) mass is 746 g/mol. The van der Waals surface area contributed by atoms with Crippen molar-refractivity contribution in [1.82, 2.24) is 24.3 Å². The Kier molecular flexibility index (Phi) is 11.6. The lowest BCUT2D eigenvalue weighted by Gasteiger charge is -2.32. The molecule has 0 unspecified atom stereocenters. The molecular weight excluding hydrogens is 688 g/mol. The number of carbonyl (C=O) groups excluding carboxylic acids is 2. The number of benzene rings is 1. The third-order valence-corrected chi connectivity index (χ3v) is 9.98. The van der Waals surface area contributed by atoms with E-state index in [-0.39, 0.29) is 30.3 Å². The number of fused-ring (bicyclic) bond motifs is 2. The van der Waals surface area contributed by atoms with Gasteiger partial charge in [0.25, 0.3) is 0 Å². The SMILES string of the molecule is CC(C)(C)OC(=O)N(CCCN(C[C@H]1C[C@@H](n2cc(C3=CCOCC3)c3c(N)ncnc32)[C@@H]2OC(C)(C)O[C@H]12)C(=O)OC(C)(C)C)CCc1ccccc1. The van der Waals surface area contributed by atoms with Crippen molar-refractivity contribution >= 4 is 34.6 Å². The third-order valence-electron chi connectivity index (χ3n) is 9.98. The molecule has 1 saturated carbocycles. The molecule has 1 aromatic carbocycles. The van der Waals surface area contributed by atoms with Gasteiger partial charge < -0.3 is 43.8 Å². The molecule has 2 amide bonds. The van der Waals surface area contributed by atoms with Crippen LogP contribution in [0.5, 0.6) is 0 Å². The Hall–Kier alpha value is -4.20. The van der Waals surface area contributed by atoms with Crippen molar-refractivity contribution in [2.24, 2.45) is 5.92 Å². The van der Waals surface area contributed by atoms with Gasteiger partial charge in [-0.05, 0) is 92.2 Å². The van der Waals surface area contributed by atoms with Gasteiger partial charge in [-0.25, -0.2) is 19.6 Å². The summed E-state index contributed by atoms with van der Waals surface area (Å²) in [6.45, 7) is 17.9. The van der Waals surface area contributed by atoms with Crippen molar-refractivity contribution in [2.45, 2.75) is 116 Å². The number of rotatable bonds is 11. The summed E-state index contributed by atoms with van der Waals surface area (Å²) in [7, 11) is 0. The Labute approximate surface area is 319 Å². The van der Waals surface area contributed by atoms with Crippen LogP contribution >= 0.6 is 0 Å². The summed E-state index contributed by atoms with van der Waals surface area (Å²) in [5, 5.41) is 0.820. The maximum absolute atomic E-state index is 13.9. The van der Waals surface area contributed by atoms with Crippen molar-refractivity contribution in [3.05, 3.63) is 60.1 Å². The summed E-state index contributed by atoms with van der Waals surface area (Å²) in [5.74, 6) is -0.480. The number of nitrogens with zero attached hydrogens (tertiary/aromatic N) is 5. The number of nitrogen functional groups attached to an aromatic ring is 1. The standard InChI is InChI=1S/C41H58N6O7/c1-39(2,3)53-37(48)45(20-15-27-13-10-9-11-14-27)18-12-19-46(38(49)54-40(4,5)6)24-29-23-31(34-33(29)51-41(7,8)52-34)47-25-30(28-16-21-50-22-17-28)32-35(42)43-26-44-36(32)47/h9-11,13-14,16,25-26,29,31,33-34H,12,15,17-24H2,1-8H3,(H2,42,43,44)/t29-,31-,33-,34+/m1/s1. The molecule has 1 saturated heterocycles. The minimum Gasteiger partial charge on any atom is -0.444 e. The number of aromatic nitrogens is 3. The molecule has 3 aromatic rings. The molecule has 1 aliphatic carbocycles. The number of amides is 2. The lowest BCUT2D eigenvalue weighted by molar-refractivity contribution is -0.160. The fraction of sp³-hybridized carbons (Fsp3) is 0.610. The summed E-state index contributed by atoms with van der Waals surface area (Å²) in [6.07, 6.45) is 7.00. The van der Waals surface area contributed by atoms with E-state index in [2.05, 4.69) is 34.0 Å². The lowest BCUT2D eigenvalue weighted by Crippen LogP contribution is -2.44. The highest BCUT2D eigenvalue weighted by Gasteiger charge is 2.55. The molecule has 2 N–H and O–H groups in total. The predicted octanol–water partition coefficient (Wildman–Crippen LogP) is 7.01. The third kappa shape index (κ3) is 9.53. The molecule has 2 aromatic heterocycles. The summed E-state index contributed by atoms with van der Waals surface area (Å²) in [4.78, 5) is 39.8. The van der Waals surface area contributed by atoms with Gasteiger partial charge in [-0.2, -0.15) is 0 Å². The second-order valence-electron chi connectivity index (χ2n) is 17.1. The molecule has 3 aliphatic rings. The van der Waals surface area contributed by atoms with E-state index in [9.17, 15) is 9.59 Å². The molecule has 2 aliphatic heterocycles. The predicted molar refractivity (Wildman–Crippen MR) is 207 cm³/mol. The summed E-state index contributed by atoms with van der Waals surface area (Å²) in [5.41, 5.74) is 9.20. The van der Waals surface area contributed by atoms with Gasteiger partial charge in [-0.3, -0.25) is 0 Å². The topological polar surface area (TPSA) is 144 Å². The number of nitrogens with two attached hydrogens (primary N) is 1. The minimum atomic E-state index is -0.821. The van der Waals surface area contributed by atoms with E-state index in [0.29, 0.717) is 64.5 Å². The molecule has 4 atom stereocenters. The second-order valence-corrected chi connectivity index (χ2v) is 17.1. The van der Waals surface area contributed by atoms with Crippen LogP contribution < -0.4 is 5.73 Å². The van der Waals surface area contributed by atoms with Gasteiger partial charge >= 0.3 is 12.2 Å². The van der Waals surface area contributed by atoms with E-state index in [1.54, 1.807) is 9.80 Å². The van der Waals surface area contributed by atoms with Crippen LogP contribution in [0.25, 0.3) is 16.6 Å². The van der Waals surface area contributed by atoms with Crippen LogP contribution in [0.3, 0.4) is 0 Å². The minimum absolute atomic E-state index is 0.0864. The van der Waals surface area contributed by atoms with E-state index in [1.165, 1.54) is 6.33 Å². The van der Waals surface area contributed by atoms with Crippen molar-refractivity contribution in [3.63, 3.8) is 0 Å². The van der Waals surface area contributed by atoms with Gasteiger partial charge in [-0.1, -0.05) is 36.4 Å². The molecule has 13 heteroatoms. The van der Waals surface area contributed by atoms with Gasteiger partial charge in [-0.15, -0.1) is 0 Å². The maximum atomic E-state index is 13.9. The fourth-order valence-electron chi connectivity index (χ4n) is 7.73. The molecule has 54 heavy (non-hydrogen) atoms. The normalized spacial score (nSPS) is 22.5. The van der Waals surface area contributed by atoms with Gasteiger partial charge in [0.15, 0.2) is 5.79 Å². The van der Waals surface area contributed by atoms with Crippen molar-refractivity contribution < 1.29 is 33.3 Å². The second kappa shape index (κ2) is 15.9. The Morgan fingerprint density at radius 2 is 1.61 bits per heavy atom. The zero-order valence-electron chi connectivity index (χ0n) is 33.2. The van der Waals surface area contributed by atoms with Crippen LogP contribution in [0, 0.1) is 5.92 Å². The fourth-order valence-corrected chi connectivity index (χ4v) is 7.73. The molecule has 0 radical (unpaired) electrons. The average molecular weight is 747 g/mol. The number of hydrogen-bond acceptors (Lipinski definition) is 10. The van der Waals surface area contributed by atoms with Crippen LogP contribution in [0.2, 0.25) is 0 Å². The van der Waals surface area contributed by atoms with Crippen molar-refractivity contribution in [2.75, 3.05) is 45.1 Å². The first-order chi connectivity index (χ1) is 25.5. The van der Waals surface area contributed by atoms with Gasteiger partial charge in [0.1, 0.15) is 35.1 Å². The molecular formula is C41H58N6O7. The van der Waals surface area contributed by atoms with Crippen molar-refractivity contribution in [3.8, 4) is 0 Å². The van der Waals surface area contributed by atoms with Gasteiger partial charge in [0.05, 0.1) is 30.7 Å². The quantitative estimate of drug-likeness (QED) is 0.218. The van der Waals surface area contributed by atoms with E-state index < -0.39 is 23.1 Å². The summed E-state index contributed by atoms with van der Waals surface area (Å²) in [6, 6.07) is 9.93. The van der Waals surface area contributed by atoms with Crippen molar-refractivity contribution in [1.29, 1.82) is 0 Å². The highest BCUT2D eigenvalue weighted by atomic mass is 16.8. The van der Waals surface area contributed by atoms with E-state index >= 15 is 0 Å². The largest absolute Gasteiger partial charge is 0.444 e. The molecule has 13 nitrogen and oxygen atoms in total. The Balaban J connectivity index is 1.24. The first kappa shape index (κ1) is 39.5. The molecule has 4 heterocycles. The average Bonchev–Trinajstić information content (AvgIpc) is 3.74. The van der Waals surface area contributed by atoms with Crippen LogP contribution in [-0.4, -0.2) is 105 Å². The molecule has 294 valence electrons. The molecule has 2 fully saturated rings. The number of carbonyl (C=O) groups is 2. The van der Waals surface area contributed by atoms with E-state index in [0.717, 1.165) is 34.2 Å². The first-order valence-corrected chi connectivity index (χ1v) is 19.2. The van der Waals surface area contributed by atoms with E-state index in [1.807, 2.05) is 73.6 Å². The molecule has 6 rings (SSSR count).